The molecule has 40 heavy (non-hydrogen) atoms. The van der Waals surface area contributed by atoms with Gasteiger partial charge in [-0.15, -0.1) is 0 Å². The lowest BCUT2D eigenvalue weighted by Crippen LogP contribution is -2.24. The Labute approximate surface area is 235 Å². The molecule has 0 radical (unpaired) electrons. The van der Waals surface area contributed by atoms with Crippen LogP contribution in [0.2, 0.25) is 0 Å². The van der Waals surface area contributed by atoms with Gasteiger partial charge in [0.2, 0.25) is 0 Å². The number of carboxylic acid groups (broad SMARTS) is 1. The Morgan fingerprint density at radius 1 is 0.975 bits per heavy atom. The lowest BCUT2D eigenvalue weighted by Gasteiger charge is -2.33. The average molecular weight is 553 g/mol. The highest BCUT2D eigenvalue weighted by Crippen LogP contribution is 2.46. The lowest BCUT2D eigenvalue weighted by molar-refractivity contribution is -0.137. The number of rotatable bonds is 13. The zero-order chi connectivity index (χ0) is 28.9. The van der Waals surface area contributed by atoms with Crippen LogP contribution in [0, 0.1) is 23.0 Å². The van der Waals surface area contributed by atoms with Crippen LogP contribution in [0.3, 0.4) is 0 Å². The Kier molecular flexibility index (Phi) is 9.59. The van der Waals surface area contributed by atoms with Gasteiger partial charge in [0.25, 0.3) is 0 Å². The van der Waals surface area contributed by atoms with Crippen molar-refractivity contribution in [3.63, 3.8) is 0 Å². The van der Waals surface area contributed by atoms with Crippen molar-refractivity contribution in [3.05, 3.63) is 89.0 Å². The molecule has 214 valence electrons. The van der Waals surface area contributed by atoms with Crippen LogP contribution >= 0.6 is 0 Å². The van der Waals surface area contributed by atoms with E-state index in [1.165, 1.54) is 6.07 Å². The number of hydrogen-bond donors (Lipinski definition) is 1. The van der Waals surface area contributed by atoms with Gasteiger partial charge in [-0.25, -0.2) is 8.78 Å². The van der Waals surface area contributed by atoms with Crippen molar-refractivity contribution in [1.29, 1.82) is 0 Å². The third-order valence-electron chi connectivity index (χ3n) is 7.29. The van der Waals surface area contributed by atoms with Gasteiger partial charge in [-0.3, -0.25) is 4.79 Å². The first-order valence-corrected chi connectivity index (χ1v) is 13.7. The van der Waals surface area contributed by atoms with E-state index >= 15 is 4.39 Å². The number of hydrogen-bond acceptors (Lipinski definition) is 4. The SMILES string of the molecule is COCCO[C@@H](c1cc(COc2cccc([C@H](CC(=O)O)C3CC3)c2F)ccc1-c1ccccc1F)C(C)(C)C. The molecule has 1 fully saturated rings. The molecule has 1 aliphatic rings. The normalized spacial score (nSPS) is 15.1. The first-order chi connectivity index (χ1) is 19.1. The fraction of sp³-hybridized carbons (Fsp3) is 0.424. The van der Waals surface area contributed by atoms with Crippen molar-refractivity contribution < 1.29 is 32.9 Å². The number of benzene rings is 3. The van der Waals surface area contributed by atoms with Crippen LogP contribution < -0.4 is 4.74 Å². The number of aliphatic carboxylic acids is 1. The first-order valence-electron chi connectivity index (χ1n) is 13.7. The van der Waals surface area contributed by atoms with E-state index in [0.29, 0.717) is 29.9 Å². The van der Waals surface area contributed by atoms with E-state index in [4.69, 9.17) is 14.2 Å². The summed E-state index contributed by atoms with van der Waals surface area (Å²) in [4.78, 5) is 11.4. The maximum absolute atomic E-state index is 15.5. The van der Waals surface area contributed by atoms with Gasteiger partial charge in [0.15, 0.2) is 11.6 Å². The minimum absolute atomic E-state index is 0.0763. The molecule has 0 heterocycles. The number of methoxy groups -OCH3 is 1. The molecule has 0 bridgehead atoms. The Balaban J connectivity index is 1.66. The summed E-state index contributed by atoms with van der Waals surface area (Å²) in [5, 5.41) is 9.36. The summed E-state index contributed by atoms with van der Waals surface area (Å²) in [6.07, 6.45) is 1.32. The number of halogens is 2. The molecule has 1 aliphatic carbocycles. The highest BCUT2D eigenvalue weighted by atomic mass is 19.1. The van der Waals surface area contributed by atoms with Crippen molar-refractivity contribution >= 4 is 5.97 Å². The summed E-state index contributed by atoms with van der Waals surface area (Å²) in [6.45, 7) is 7.05. The molecule has 1 saturated carbocycles. The fourth-order valence-electron chi connectivity index (χ4n) is 5.20. The van der Waals surface area contributed by atoms with Crippen molar-refractivity contribution in [3.8, 4) is 16.9 Å². The molecule has 1 N–H and O–H groups in total. The summed E-state index contributed by atoms with van der Waals surface area (Å²) in [6, 6.07) is 17.2. The van der Waals surface area contributed by atoms with E-state index in [1.807, 2.05) is 18.2 Å². The number of ether oxygens (including phenoxy) is 3. The van der Waals surface area contributed by atoms with Crippen molar-refractivity contribution in [2.24, 2.45) is 11.3 Å². The van der Waals surface area contributed by atoms with Gasteiger partial charge in [0.1, 0.15) is 12.4 Å². The largest absolute Gasteiger partial charge is 0.486 e. The first kappa shape index (κ1) is 29.7. The minimum Gasteiger partial charge on any atom is -0.486 e. The molecule has 0 spiro atoms. The van der Waals surface area contributed by atoms with Gasteiger partial charge in [0, 0.05) is 18.6 Å². The summed E-state index contributed by atoms with van der Waals surface area (Å²) < 4.78 is 47.9. The van der Waals surface area contributed by atoms with E-state index in [-0.39, 0.29) is 47.9 Å². The minimum atomic E-state index is -0.939. The molecule has 0 saturated heterocycles. The predicted molar refractivity (Wildman–Crippen MR) is 150 cm³/mol. The van der Waals surface area contributed by atoms with Gasteiger partial charge >= 0.3 is 5.97 Å². The van der Waals surface area contributed by atoms with Gasteiger partial charge in [0.05, 0.1) is 25.7 Å². The molecule has 0 amide bonds. The Morgan fingerprint density at radius 2 is 1.73 bits per heavy atom. The third kappa shape index (κ3) is 7.26. The molecule has 2 atom stereocenters. The maximum Gasteiger partial charge on any atom is 0.303 e. The lowest BCUT2D eigenvalue weighted by atomic mass is 9.81. The Morgan fingerprint density at radius 3 is 2.38 bits per heavy atom. The van der Waals surface area contributed by atoms with Crippen molar-refractivity contribution in [1.82, 2.24) is 0 Å². The second-order valence-electron chi connectivity index (χ2n) is 11.5. The highest BCUT2D eigenvalue weighted by molar-refractivity contribution is 5.69. The van der Waals surface area contributed by atoms with Gasteiger partial charge in [-0.05, 0) is 64.6 Å². The zero-order valence-corrected chi connectivity index (χ0v) is 23.6. The molecule has 0 aromatic heterocycles. The van der Waals surface area contributed by atoms with Crippen LogP contribution in [0.25, 0.3) is 11.1 Å². The Bertz CT molecular complexity index is 1310. The molecular weight excluding hydrogens is 514 g/mol. The highest BCUT2D eigenvalue weighted by Gasteiger charge is 2.36. The zero-order valence-electron chi connectivity index (χ0n) is 23.6. The quantitative estimate of drug-likeness (QED) is 0.218. The van der Waals surface area contributed by atoms with Crippen molar-refractivity contribution in [2.45, 2.75) is 58.7 Å². The predicted octanol–water partition coefficient (Wildman–Crippen LogP) is 7.93. The maximum atomic E-state index is 15.5. The molecule has 3 aromatic rings. The monoisotopic (exact) mass is 552 g/mol. The standard InChI is InChI=1S/C33H38F2O5/c1-33(2,3)32(39-17-16-38-4)27-18-21(12-15-23(27)24-8-5-6-10-28(24)34)20-40-29-11-7-9-25(31(29)35)26(19-30(36)37)22-13-14-22/h5-12,15,18,22,26,32H,13-14,16-17,19-20H2,1-4H3,(H,36,37)/t26-,32+/m1/s1. The molecule has 5 nitrogen and oxygen atoms in total. The molecule has 0 unspecified atom stereocenters. The summed E-state index contributed by atoms with van der Waals surface area (Å²) in [5.74, 6) is -1.89. The number of carboxylic acids is 1. The summed E-state index contributed by atoms with van der Waals surface area (Å²) in [7, 11) is 1.61. The Hall–Kier alpha value is -3.29. The molecular formula is C33H38F2O5. The van der Waals surface area contributed by atoms with Crippen LogP contribution in [0.5, 0.6) is 5.75 Å². The second kappa shape index (κ2) is 12.9. The fourth-order valence-corrected chi connectivity index (χ4v) is 5.20. The van der Waals surface area contributed by atoms with Crippen LogP contribution in [-0.4, -0.2) is 31.4 Å². The summed E-state index contributed by atoms with van der Waals surface area (Å²) >= 11 is 0. The molecule has 4 rings (SSSR count). The average Bonchev–Trinajstić information content (AvgIpc) is 3.75. The molecule has 7 heteroatoms. The molecule has 0 aliphatic heterocycles. The smallest absolute Gasteiger partial charge is 0.303 e. The van der Waals surface area contributed by atoms with Crippen LogP contribution in [-0.2, 0) is 20.9 Å². The van der Waals surface area contributed by atoms with E-state index in [0.717, 1.165) is 24.0 Å². The summed E-state index contributed by atoms with van der Waals surface area (Å²) in [5.41, 5.74) is 2.83. The number of carbonyl (C=O) groups is 1. The van der Waals surface area contributed by atoms with E-state index < -0.39 is 11.8 Å². The topological polar surface area (TPSA) is 65.0 Å². The van der Waals surface area contributed by atoms with E-state index in [1.54, 1.807) is 43.5 Å². The molecule has 3 aromatic carbocycles. The third-order valence-corrected chi connectivity index (χ3v) is 7.29. The van der Waals surface area contributed by atoms with Crippen LogP contribution in [0.15, 0.2) is 60.7 Å². The van der Waals surface area contributed by atoms with Gasteiger partial charge in [-0.1, -0.05) is 63.2 Å². The van der Waals surface area contributed by atoms with Crippen molar-refractivity contribution in [2.75, 3.05) is 20.3 Å². The van der Waals surface area contributed by atoms with E-state index in [9.17, 15) is 14.3 Å². The second-order valence-corrected chi connectivity index (χ2v) is 11.5. The van der Waals surface area contributed by atoms with E-state index in [2.05, 4.69) is 20.8 Å². The van der Waals surface area contributed by atoms with Crippen LogP contribution in [0.4, 0.5) is 8.78 Å². The van der Waals surface area contributed by atoms with Gasteiger partial charge < -0.3 is 19.3 Å². The van der Waals surface area contributed by atoms with Crippen LogP contribution in [0.1, 0.15) is 68.7 Å². The van der Waals surface area contributed by atoms with Gasteiger partial charge in [-0.2, -0.15) is 0 Å².